The Bertz CT molecular complexity index is 277. The molecule has 1 aliphatic rings. The maximum Gasteiger partial charge on any atom is 0.403 e. The predicted molar refractivity (Wildman–Crippen MR) is 58.2 cm³/mol. The summed E-state index contributed by atoms with van der Waals surface area (Å²) >= 11 is 0. The lowest BCUT2D eigenvalue weighted by atomic mass is 10.0. The zero-order chi connectivity index (χ0) is 13.8. The van der Waals surface area contributed by atoms with Gasteiger partial charge in [-0.3, -0.25) is 4.79 Å². The van der Waals surface area contributed by atoms with Crippen molar-refractivity contribution in [1.29, 1.82) is 0 Å². The first-order valence-corrected chi connectivity index (χ1v) is 5.86. The third-order valence-electron chi connectivity index (χ3n) is 3.01. The maximum absolute atomic E-state index is 12.5. The molecule has 0 aliphatic carbocycles. The van der Waals surface area contributed by atoms with Gasteiger partial charge in [-0.2, -0.15) is 13.2 Å². The summed E-state index contributed by atoms with van der Waals surface area (Å²) in [5.41, 5.74) is 0. The van der Waals surface area contributed by atoms with Crippen LogP contribution in [0.1, 0.15) is 12.8 Å². The largest absolute Gasteiger partial charge is 0.481 e. The molecule has 106 valence electrons. The van der Waals surface area contributed by atoms with Gasteiger partial charge in [0.15, 0.2) is 5.92 Å². The highest BCUT2D eigenvalue weighted by molar-refractivity contribution is 5.71. The molecule has 4 nitrogen and oxygen atoms in total. The SMILES string of the molecule is CN(CC1CCCOC1)CC(C(=O)O)C(F)(F)F. The highest BCUT2D eigenvalue weighted by Gasteiger charge is 2.45. The molecule has 2 unspecified atom stereocenters. The van der Waals surface area contributed by atoms with Crippen molar-refractivity contribution >= 4 is 5.97 Å². The van der Waals surface area contributed by atoms with E-state index in [2.05, 4.69) is 0 Å². The number of hydrogen-bond donors (Lipinski definition) is 1. The molecule has 1 heterocycles. The van der Waals surface area contributed by atoms with Crippen molar-refractivity contribution in [2.24, 2.45) is 11.8 Å². The first-order valence-electron chi connectivity index (χ1n) is 5.86. The Morgan fingerprint density at radius 3 is 2.67 bits per heavy atom. The van der Waals surface area contributed by atoms with Gasteiger partial charge in [-0.05, 0) is 25.8 Å². The topological polar surface area (TPSA) is 49.8 Å². The van der Waals surface area contributed by atoms with E-state index in [-0.39, 0.29) is 5.92 Å². The summed E-state index contributed by atoms with van der Waals surface area (Å²) in [6.07, 6.45) is -2.89. The molecule has 0 bridgehead atoms. The Hall–Kier alpha value is -0.820. The molecule has 1 aliphatic heterocycles. The number of alkyl halides is 3. The number of hydrogen-bond acceptors (Lipinski definition) is 3. The second-order valence-electron chi connectivity index (χ2n) is 4.74. The second kappa shape index (κ2) is 6.38. The smallest absolute Gasteiger partial charge is 0.403 e. The Morgan fingerprint density at radius 1 is 1.56 bits per heavy atom. The Labute approximate surface area is 104 Å². The lowest BCUT2D eigenvalue weighted by Gasteiger charge is -2.29. The van der Waals surface area contributed by atoms with Crippen molar-refractivity contribution in [1.82, 2.24) is 4.90 Å². The fraction of sp³-hybridized carbons (Fsp3) is 0.909. The van der Waals surface area contributed by atoms with Gasteiger partial charge in [0.1, 0.15) is 0 Å². The van der Waals surface area contributed by atoms with E-state index in [9.17, 15) is 18.0 Å². The molecule has 0 amide bonds. The molecule has 0 aromatic rings. The summed E-state index contributed by atoms with van der Waals surface area (Å²) in [5.74, 6) is -3.97. The average molecular weight is 269 g/mol. The molecule has 0 aromatic heterocycles. The summed E-state index contributed by atoms with van der Waals surface area (Å²) < 4.78 is 42.7. The number of carboxylic acids is 1. The van der Waals surface area contributed by atoms with Gasteiger partial charge in [-0.1, -0.05) is 0 Å². The minimum Gasteiger partial charge on any atom is -0.481 e. The van der Waals surface area contributed by atoms with Crippen molar-refractivity contribution in [3.05, 3.63) is 0 Å². The summed E-state index contributed by atoms with van der Waals surface area (Å²) in [7, 11) is 1.51. The number of aliphatic carboxylic acids is 1. The van der Waals surface area contributed by atoms with Gasteiger partial charge in [-0.25, -0.2) is 0 Å². The summed E-state index contributed by atoms with van der Waals surface area (Å²) in [4.78, 5) is 12.0. The van der Waals surface area contributed by atoms with E-state index < -0.39 is 24.6 Å². The minimum atomic E-state index is -4.71. The molecule has 0 spiro atoms. The molecule has 0 radical (unpaired) electrons. The number of rotatable bonds is 5. The van der Waals surface area contributed by atoms with Crippen molar-refractivity contribution in [3.8, 4) is 0 Å². The van der Waals surface area contributed by atoms with Gasteiger partial charge in [0, 0.05) is 19.7 Å². The molecular weight excluding hydrogens is 251 g/mol. The van der Waals surface area contributed by atoms with E-state index in [1.54, 1.807) is 0 Å². The van der Waals surface area contributed by atoms with Crippen LogP contribution >= 0.6 is 0 Å². The summed E-state index contributed by atoms with van der Waals surface area (Å²) in [6, 6.07) is 0. The molecule has 1 saturated heterocycles. The Balaban J connectivity index is 2.45. The first kappa shape index (κ1) is 15.2. The highest BCUT2D eigenvalue weighted by Crippen LogP contribution is 2.27. The Morgan fingerprint density at radius 2 is 2.22 bits per heavy atom. The van der Waals surface area contributed by atoms with Gasteiger partial charge in [0.05, 0.1) is 6.61 Å². The molecule has 1 fully saturated rings. The van der Waals surface area contributed by atoms with Crippen LogP contribution in [0.5, 0.6) is 0 Å². The fourth-order valence-corrected chi connectivity index (χ4v) is 2.10. The lowest BCUT2D eigenvalue weighted by Crippen LogP contribution is -2.42. The molecule has 18 heavy (non-hydrogen) atoms. The zero-order valence-corrected chi connectivity index (χ0v) is 10.2. The van der Waals surface area contributed by atoms with E-state index in [4.69, 9.17) is 9.84 Å². The summed E-state index contributed by atoms with van der Waals surface area (Å²) in [6.45, 7) is 1.14. The van der Waals surface area contributed by atoms with Crippen molar-refractivity contribution < 1.29 is 27.8 Å². The number of halogens is 3. The molecule has 7 heteroatoms. The number of carboxylic acid groups (broad SMARTS) is 1. The third kappa shape index (κ3) is 4.81. The average Bonchev–Trinajstić information content (AvgIpc) is 2.25. The quantitative estimate of drug-likeness (QED) is 0.823. The monoisotopic (exact) mass is 269 g/mol. The molecular formula is C11H18F3NO3. The molecule has 0 saturated carbocycles. The van der Waals surface area contributed by atoms with Gasteiger partial charge in [-0.15, -0.1) is 0 Å². The van der Waals surface area contributed by atoms with Crippen molar-refractivity contribution in [2.45, 2.75) is 19.0 Å². The number of carbonyl (C=O) groups is 1. The van der Waals surface area contributed by atoms with Gasteiger partial charge in [0.25, 0.3) is 0 Å². The van der Waals surface area contributed by atoms with Crippen LogP contribution in [-0.4, -0.2) is 55.5 Å². The van der Waals surface area contributed by atoms with Crippen LogP contribution in [-0.2, 0) is 9.53 Å². The molecule has 1 N–H and O–H groups in total. The van der Waals surface area contributed by atoms with E-state index in [0.717, 1.165) is 12.8 Å². The van der Waals surface area contributed by atoms with Crippen LogP contribution in [0.3, 0.4) is 0 Å². The van der Waals surface area contributed by atoms with E-state index in [1.807, 2.05) is 0 Å². The maximum atomic E-state index is 12.5. The van der Waals surface area contributed by atoms with E-state index >= 15 is 0 Å². The van der Waals surface area contributed by atoms with E-state index in [0.29, 0.717) is 19.8 Å². The van der Waals surface area contributed by atoms with Crippen LogP contribution in [0.2, 0.25) is 0 Å². The fourth-order valence-electron chi connectivity index (χ4n) is 2.10. The third-order valence-corrected chi connectivity index (χ3v) is 3.01. The summed E-state index contributed by atoms with van der Waals surface area (Å²) in [5, 5.41) is 8.59. The van der Waals surface area contributed by atoms with Crippen LogP contribution in [0.4, 0.5) is 13.2 Å². The number of ether oxygens (including phenoxy) is 1. The standard InChI is InChI=1S/C11H18F3NO3/c1-15(5-8-3-2-4-18-7-8)6-9(10(16)17)11(12,13)14/h8-9H,2-7H2,1H3,(H,16,17). The minimum absolute atomic E-state index is 0.187. The number of nitrogens with zero attached hydrogens (tertiary/aromatic N) is 1. The highest BCUT2D eigenvalue weighted by atomic mass is 19.4. The normalized spacial score (nSPS) is 23.1. The molecule has 2 atom stereocenters. The van der Waals surface area contributed by atoms with Crippen LogP contribution in [0.25, 0.3) is 0 Å². The van der Waals surface area contributed by atoms with Gasteiger partial charge in [0.2, 0.25) is 0 Å². The van der Waals surface area contributed by atoms with Crippen molar-refractivity contribution in [3.63, 3.8) is 0 Å². The first-order chi connectivity index (χ1) is 8.30. The van der Waals surface area contributed by atoms with Crippen LogP contribution in [0.15, 0.2) is 0 Å². The van der Waals surface area contributed by atoms with Crippen LogP contribution in [0, 0.1) is 11.8 Å². The van der Waals surface area contributed by atoms with E-state index in [1.165, 1.54) is 11.9 Å². The molecule has 1 rings (SSSR count). The van der Waals surface area contributed by atoms with Gasteiger partial charge < -0.3 is 14.7 Å². The zero-order valence-electron chi connectivity index (χ0n) is 10.2. The van der Waals surface area contributed by atoms with Crippen LogP contribution < -0.4 is 0 Å². The predicted octanol–water partition coefficient (Wildman–Crippen LogP) is 1.61. The lowest BCUT2D eigenvalue weighted by molar-refractivity contribution is -0.196. The molecule has 0 aromatic carbocycles. The second-order valence-corrected chi connectivity index (χ2v) is 4.74. The Kier molecular flexibility index (Phi) is 5.40. The van der Waals surface area contributed by atoms with Crippen molar-refractivity contribution in [2.75, 3.05) is 33.4 Å². The van der Waals surface area contributed by atoms with Gasteiger partial charge >= 0.3 is 12.1 Å².